The summed E-state index contributed by atoms with van der Waals surface area (Å²) >= 11 is 0. The Kier molecular flexibility index (Phi) is 4.11. The highest BCUT2D eigenvalue weighted by Gasteiger charge is 2.21. The van der Waals surface area contributed by atoms with E-state index in [1.165, 1.54) is 0 Å². The number of carboxylic acids is 1. The normalized spacial score (nSPS) is 10.5. The van der Waals surface area contributed by atoms with Gasteiger partial charge in [0.15, 0.2) is 0 Å². The Balaban J connectivity index is 1.84. The summed E-state index contributed by atoms with van der Waals surface area (Å²) in [6, 6.07) is 15.8. The number of para-hydroxylation sites is 1. The molecule has 0 saturated heterocycles. The van der Waals surface area contributed by atoms with Crippen molar-refractivity contribution in [2.45, 2.75) is 6.42 Å². The van der Waals surface area contributed by atoms with Gasteiger partial charge in [-0.05, 0) is 29.8 Å². The van der Waals surface area contributed by atoms with Crippen LogP contribution in [0.4, 0.5) is 22.7 Å². The zero-order chi connectivity index (χ0) is 17.1. The number of hydrogen-bond acceptors (Lipinski definition) is 5. The Labute approximate surface area is 137 Å². The Bertz CT molecular complexity index is 957. The van der Waals surface area contributed by atoms with Crippen LogP contribution in [0.5, 0.6) is 0 Å². The van der Waals surface area contributed by atoms with Gasteiger partial charge in [0.05, 0.1) is 6.42 Å². The second kappa shape index (κ2) is 6.37. The second-order valence-corrected chi connectivity index (χ2v) is 5.30. The molecule has 0 fully saturated rings. The number of carboxylic acid groups (broad SMARTS) is 1. The molecule has 6 nitrogen and oxygen atoms in total. The fraction of sp³-hybridized carbons (Fsp3) is 0.0556. The second-order valence-electron chi connectivity index (χ2n) is 5.30. The van der Waals surface area contributed by atoms with Crippen LogP contribution in [0.25, 0.3) is 0 Å². The first kappa shape index (κ1) is 15.5. The van der Waals surface area contributed by atoms with E-state index in [2.05, 4.69) is 10.6 Å². The molecule has 3 aromatic rings. The predicted octanol–water partition coefficient (Wildman–Crippen LogP) is 2.40. The van der Waals surface area contributed by atoms with Gasteiger partial charge in [-0.1, -0.05) is 30.3 Å². The van der Waals surface area contributed by atoms with Crippen molar-refractivity contribution < 1.29 is 9.90 Å². The van der Waals surface area contributed by atoms with Crippen molar-refractivity contribution in [1.29, 1.82) is 0 Å². The summed E-state index contributed by atoms with van der Waals surface area (Å²) in [7, 11) is 0. The Morgan fingerprint density at radius 3 is 2.04 bits per heavy atom. The Hall–Kier alpha value is -3.41. The molecular formula is C18H14N2O4. The van der Waals surface area contributed by atoms with Crippen molar-refractivity contribution in [3.63, 3.8) is 0 Å². The molecule has 0 atom stereocenters. The van der Waals surface area contributed by atoms with Gasteiger partial charge >= 0.3 is 5.97 Å². The minimum atomic E-state index is -0.937. The standard InChI is InChI=1S/C18H14N2O4/c21-14(22)10-11-5-4-8-13(9-11)20-16-15(17(23)18(16)24)19-12-6-2-1-3-7-12/h1-9,19-20H,10H2,(H,21,22). The van der Waals surface area contributed by atoms with Gasteiger partial charge in [-0.3, -0.25) is 14.4 Å². The first-order valence-electron chi connectivity index (χ1n) is 7.28. The third-order valence-corrected chi connectivity index (χ3v) is 3.51. The summed E-state index contributed by atoms with van der Waals surface area (Å²) in [5.41, 5.74) is 1.05. The molecule has 0 unspecified atom stereocenters. The largest absolute Gasteiger partial charge is 0.481 e. The topological polar surface area (TPSA) is 95.5 Å². The molecule has 3 rings (SSSR count). The third kappa shape index (κ3) is 3.17. The highest BCUT2D eigenvalue weighted by molar-refractivity contribution is 5.82. The molecule has 120 valence electrons. The molecule has 3 aromatic carbocycles. The summed E-state index contributed by atoms with van der Waals surface area (Å²) in [6.07, 6.45) is -0.115. The number of hydrogen-bond donors (Lipinski definition) is 3. The molecule has 0 aliphatic carbocycles. The highest BCUT2D eigenvalue weighted by Crippen LogP contribution is 2.24. The van der Waals surface area contributed by atoms with Crippen molar-refractivity contribution >= 4 is 28.7 Å². The number of anilines is 4. The maximum atomic E-state index is 11.8. The zero-order valence-corrected chi connectivity index (χ0v) is 12.6. The highest BCUT2D eigenvalue weighted by atomic mass is 16.4. The molecular weight excluding hydrogens is 308 g/mol. The van der Waals surface area contributed by atoms with Crippen LogP contribution in [0, 0.1) is 0 Å². The lowest BCUT2D eigenvalue weighted by atomic mass is 10.1. The van der Waals surface area contributed by atoms with Gasteiger partial charge in [0.1, 0.15) is 11.4 Å². The van der Waals surface area contributed by atoms with E-state index in [0.717, 1.165) is 0 Å². The molecule has 0 amide bonds. The minimum absolute atomic E-state index is 0.115. The van der Waals surface area contributed by atoms with Crippen molar-refractivity contribution in [2.24, 2.45) is 0 Å². The quantitative estimate of drug-likeness (QED) is 0.603. The van der Waals surface area contributed by atoms with E-state index in [0.29, 0.717) is 16.9 Å². The fourth-order valence-electron chi connectivity index (χ4n) is 2.37. The first-order chi connectivity index (χ1) is 11.5. The maximum absolute atomic E-state index is 11.8. The SMILES string of the molecule is O=C(O)Cc1cccc(Nc2c(Nc3ccccc3)c(=O)c2=O)c1. The average Bonchev–Trinajstić information content (AvgIpc) is 2.58. The van der Waals surface area contributed by atoms with Gasteiger partial charge in [-0.2, -0.15) is 0 Å². The van der Waals surface area contributed by atoms with E-state index in [-0.39, 0.29) is 17.8 Å². The van der Waals surface area contributed by atoms with Crippen LogP contribution >= 0.6 is 0 Å². The first-order valence-corrected chi connectivity index (χ1v) is 7.28. The van der Waals surface area contributed by atoms with E-state index in [1.807, 2.05) is 18.2 Å². The Morgan fingerprint density at radius 1 is 0.833 bits per heavy atom. The van der Waals surface area contributed by atoms with Crippen molar-refractivity contribution in [2.75, 3.05) is 10.6 Å². The van der Waals surface area contributed by atoms with Crippen LogP contribution in [0.3, 0.4) is 0 Å². The van der Waals surface area contributed by atoms with E-state index < -0.39 is 16.8 Å². The molecule has 6 heteroatoms. The fourth-order valence-corrected chi connectivity index (χ4v) is 2.37. The van der Waals surface area contributed by atoms with Crippen LogP contribution in [0.15, 0.2) is 64.2 Å². The monoisotopic (exact) mass is 322 g/mol. The van der Waals surface area contributed by atoms with E-state index >= 15 is 0 Å². The van der Waals surface area contributed by atoms with E-state index in [1.54, 1.807) is 36.4 Å². The van der Waals surface area contributed by atoms with Gasteiger partial charge in [0, 0.05) is 11.4 Å². The lowest BCUT2D eigenvalue weighted by molar-refractivity contribution is -0.136. The lowest BCUT2D eigenvalue weighted by Crippen LogP contribution is -2.35. The third-order valence-electron chi connectivity index (χ3n) is 3.51. The number of rotatable bonds is 6. The molecule has 0 bridgehead atoms. The summed E-state index contributed by atoms with van der Waals surface area (Å²) in [4.78, 5) is 34.4. The maximum Gasteiger partial charge on any atom is 0.307 e. The summed E-state index contributed by atoms with van der Waals surface area (Å²) < 4.78 is 0. The summed E-state index contributed by atoms with van der Waals surface area (Å²) in [5, 5.41) is 14.7. The average molecular weight is 322 g/mol. The van der Waals surface area contributed by atoms with Crippen molar-refractivity contribution in [3.05, 3.63) is 80.6 Å². The lowest BCUT2D eigenvalue weighted by Gasteiger charge is -2.15. The molecule has 24 heavy (non-hydrogen) atoms. The van der Waals surface area contributed by atoms with Crippen molar-refractivity contribution in [1.82, 2.24) is 0 Å². The number of carbonyl (C=O) groups is 1. The van der Waals surface area contributed by atoms with E-state index in [4.69, 9.17) is 5.11 Å². The smallest absolute Gasteiger partial charge is 0.307 e. The molecule has 0 heterocycles. The number of aliphatic carboxylic acids is 1. The van der Waals surface area contributed by atoms with Crippen molar-refractivity contribution in [3.8, 4) is 0 Å². The van der Waals surface area contributed by atoms with Gasteiger partial charge in [-0.15, -0.1) is 0 Å². The minimum Gasteiger partial charge on any atom is -0.481 e. The molecule has 3 N–H and O–H groups in total. The Morgan fingerprint density at radius 2 is 1.42 bits per heavy atom. The molecule has 0 saturated carbocycles. The van der Waals surface area contributed by atoms with Crippen LogP contribution in [0.1, 0.15) is 5.56 Å². The van der Waals surface area contributed by atoms with Crippen LogP contribution in [0.2, 0.25) is 0 Å². The molecule has 0 radical (unpaired) electrons. The molecule has 0 aromatic heterocycles. The number of nitrogens with one attached hydrogen (secondary N) is 2. The zero-order valence-electron chi connectivity index (χ0n) is 12.6. The van der Waals surface area contributed by atoms with Crippen LogP contribution in [-0.2, 0) is 11.2 Å². The molecule has 0 spiro atoms. The molecule has 0 aliphatic heterocycles. The summed E-state index contributed by atoms with van der Waals surface area (Å²) in [5.74, 6) is -0.937. The summed E-state index contributed by atoms with van der Waals surface area (Å²) in [6.45, 7) is 0. The van der Waals surface area contributed by atoms with E-state index in [9.17, 15) is 14.4 Å². The van der Waals surface area contributed by atoms with Crippen LogP contribution < -0.4 is 21.5 Å². The predicted molar refractivity (Wildman–Crippen MR) is 92.1 cm³/mol. The van der Waals surface area contributed by atoms with Gasteiger partial charge in [0.2, 0.25) is 0 Å². The van der Waals surface area contributed by atoms with Gasteiger partial charge < -0.3 is 15.7 Å². The number of benzene rings is 2. The van der Waals surface area contributed by atoms with Crippen LogP contribution in [-0.4, -0.2) is 11.1 Å². The van der Waals surface area contributed by atoms with Gasteiger partial charge in [-0.25, -0.2) is 0 Å². The molecule has 0 aliphatic rings. The van der Waals surface area contributed by atoms with Gasteiger partial charge in [0.25, 0.3) is 10.9 Å².